The van der Waals surface area contributed by atoms with Gasteiger partial charge in [0, 0.05) is 23.4 Å². The number of likely N-dealkylation sites (N-methyl/N-ethyl adjacent to an activating group) is 1. The van der Waals surface area contributed by atoms with Crippen LogP contribution in [0.3, 0.4) is 0 Å². The van der Waals surface area contributed by atoms with E-state index in [9.17, 15) is 4.79 Å². The van der Waals surface area contributed by atoms with E-state index in [1.807, 2.05) is 7.05 Å². The molecule has 3 rings (SSSR count). The topological polar surface area (TPSA) is 54.5 Å². The number of hydrogen-bond acceptors (Lipinski definition) is 5. The maximum atomic E-state index is 12.3. The van der Waals surface area contributed by atoms with E-state index in [2.05, 4.69) is 36.0 Å². The number of aryl methyl sites for hydroxylation is 2. The molecule has 0 saturated heterocycles. The minimum Gasteiger partial charge on any atom is -0.378 e. The molecule has 2 atom stereocenters. The third kappa shape index (κ3) is 2.81. The first-order chi connectivity index (χ1) is 10.8. The van der Waals surface area contributed by atoms with Gasteiger partial charge in [-0.2, -0.15) is 0 Å². The van der Waals surface area contributed by atoms with Crippen molar-refractivity contribution >= 4 is 22.4 Å². The van der Waals surface area contributed by atoms with E-state index >= 15 is 0 Å². The fourth-order valence-corrected chi connectivity index (χ4v) is 4.97. The van der Waals surface area contributed by atoms with Crippen molar-refractivity contribution in [3.8, 4) is 0 Å². The molecule has 6 heteroatoms. The molecule has 5 nitrogen and oxygen atoms in total. The van der Waals surface area contributed by atoms with Crippen LogP contribution in [-0.2, 0) is 22.4 Å². The van der Waals surface area contributed by atoms with Crippen molar-refractivity contribution in [2.24, 2.45) is 5.41 Å². The molecular formula is C17H27N3O2S. The molecule has 2 aliphatic carbocycles. The lowest BCUT2D eigenvalue weighted by atomic mass is 9.55. The van der Waals surface area contributed by atoms with Gasteiger partial charge in [-0.3, -0.25) is 9.69 Å². The molecule has 0 bridgehead atoms. The van der Waals surface area contributed by atoms with Gasteiger partial charge in [-0.25, -0.2) is 4.98 Å². The number of anilines is 1. The number of thiazole rings is 1. The Morgan fingerprint density at radius 3 is 2.78 bits per heavy atom. The first-order valence-electron chi connectivity index (χ1n) is 8.30. The maximum Gasteiger partial charge on any atom is 0.240 e. The number of nitrogens with zero attached hydrogens (tertiary/aromatic N) is 2. The number of carbonyl (C=O) groups excluding carboxylic acids is 1. The molecule has 1 aromatic rings. The highest BCUT2D eigenvalue weighted by Crippen LogP contribution is 2.53. The molecule has 128 valence electrons. The molecule has 0 radical (unpaired) electrons. The summed E-state index contributed by atoms with van der Waals surface area (Å²) in [4.78, 5) is 20.3. The zero-order valence-corrected chi connectivity index (χ0v) is 15.5. The summed E-state index contributed by atoms with van der Waals surface area (Å²) in [6, 6.07) is 0.347. The lowest BCUT2D eigenvalue weighted by Gasteiger charge is -2.61. The number of fused-ring (bicyclic) bond motifs is 1. The van der Waals surface area contributed by atoms with Crippen molar-refractivity contribution in [2.75, 3.05) is 26.0 Å². The summed E-state index contributed by atoms with van der Waals surface area (Å²) in [5, 5.41) is 3.72. The van der Waals surface area contributed by atoms with Crippen molar-refractivity contribution in [3.63, 3.8) is 0 Å². The highest BCUT2D eigenvalue weighted by Gasteiger charge is 2.59. The minimum absolute atomic E-state index is 0.0155. The number of amides is 1. The number of carbonyl (C=O) groups is 1. The Morgan fingerprint density at radius 2 is 2.17 bits per heavy atom. The van der Waals surface area contributed by atoms with Crippen LogP contribution in [0.15, 0.2) is 0 Å². The Kier molecular flexibility index (Phi) is 4.27. The van der Waals surface area contributed by atoms with E-state index in [-0.39, 0.29) is 16.9 Å². The van der Waals surface area contributed by atoms with E-state index in [0.717, 1.165) is 24.4 Å². The van der Waals surface area contributed by atoms with Crippen LogP contribution < -0.4 is 5.32 Å². The van der Waals surface area contributed by atoms with Crippen LogP contribution in [0, 0.1) is 5.41 Å². The first kappa shape index (κ1) is 16.9. The average Bonchev–Trinajstić information content (AvgIpc) is 3.04. The fraction of sp³-hybridized carbons (Fsp3) is 0.765. The van der Waals surface area contributed by atoms with E-state index in [0.29, 0.717) is 12.6 Å². The molecule has 1 saturated carbocycles. The number of aromatic nitrogens is 1. The van der Waals surface area contributed by atoms with Gasteiger partial charge in [0.25, 0.3) is 0 Å². The Labute approximate surface area is 142 Å². The standard InChI is InChI=1S/C17H27N3O2S/c1-16(2)13(9-17(16,3)22-5)20(4)10-14(21)19-15-18-11-7-6-8-12(11)23-15/h13H,6-10H2,1-5H3,(H,18,19,21). The van der Waals surface area contributed by atoms with Crippen molar-refractivity contribution in [1.82, 2.24) is 9.88 Å². The predicted octanol–water partition coefficient (Wildman–Crippen LogP) is 2.71. The summed E-state index contributed by atoms with van der Waals surface area (Å²) in [5.74, 6) is 0.0155. The molecule has 0 aliphatic heterocycles. The van der Waals surface area contributed by atoms with Gasteiger partial charge in [0.2, 0.25) is 5.91 Å². The summed E-state index contributed by atoms with van der Waals surface area (Å²) >= 11 is 1.63. The SMILES string of the molecule is COC1(C)CC(N(C)CC(=O)Nc2nc3c(s2)CCC3)C1(C)C. The quantitative estimate of drug-likeness (QED) is 0.897. The van der Waals surface area contributed by atoms with E-state index in [1.54, 1.807) is 18.4 Å². The van der Waals surface area contributed by atoms with Gasteiger partial charge >= 0.3 is 0 Å². The second-order valence-corrected chi connectivity index (χ2v) is 8.67. The number of nitrogens with one attached hydrogen (secondary N) is 1. The number of hydrogen-bond donors (Lipinski definition) is 1. The van der Waals surface area contributed by atoms with Crippen LogP contribution in [0.2, 0.25) is 0 Å². The molecule has 1 N–H and O–H groups in total. The van der Waals surface area contributed by atoms with E-state index in [1.165, 1.54) is 17.0 Å². The second kappa shape index (κ2) is 5.83. The first-order valence-corrected chi connectivity index (χ1v) is 9.12. The molecule has 0 spiro atoms. The molecule has 1 aromatic heterocycles. The molecule has 0 aromatic carbocycles. The van der Waals surface area contributed by atoms with Crippen molar-refractivity contribution in [1.29, 1.82) is 0 Å². The van der Waals surface area contributed by atoms with E-state index < -0.39 is 0 Å². The van der Waals surface area contributed by atoms with E-state index in [4.69, 9.17) is 4.74 Å². The predicted molar refractivity (Wildman–Crippen MR) is 93.0 cm³/mol. The maximum absolute atomic E-state index is 12.3. The fourth-order valence-electron chi connectivity index (χ4n) is 3.90. The van der Waals surface area contributed by atoms with Gasteiger partial charge in [0.1, 0.15) is 0 Å². The normalized spacial score (nSPS) is 28.5. The van der Waals surface area contributed by atoms with Gasteiger partial charge in [0.15, 0.2) is 5.13 Å². The van der Waals surface area contributed by atoms with Gasteiger partial charge in [-0.15, -0.1) is 11.3 Å². The molecule has 2 unspecified atom stereocenters. The number of ether oxygens (including phenoxy) is 1. The summed E-state index contributed by atoms with van der Waals surface area (Å²) in [6.07, 6.45) is 4.30. The Bertz CT molecular complexity index is 591. The van der Waals surface area contributed by atoms with Crippen LogP contribution in [0.1, 0.15) is 44.2 Å². The van der Waals surface area contributed by atoms with Crippen molar-refractivity contribution in [3.05, 3.63) is 10.6 Å². The highest BCUT2D eigenvalue weighted by atomic mass is 32.1. The molecule has 1 fully saturated rings. The highest BCUT2D eigenvalue weighted by molar-refractivity contribution is 7.15. The summed E-state index contributed by atoms with van der Waals surface area (Å²) < 4.78 is 5.67. The average molecular weight is 337 g/mol. The van der Waals surface area contributed by atoms with Crippen LogP contribution in [0.4, 0.5) is 5.13 Å². The summed E-state index contributed by atoms with van der Waals surface area (Å²) in [7, 11) is 3.79. The van der Waals surface area contributed by atoms with Crippen molar-refractivity contribution < 1.29 is 9.53 Å². The van der Waals surface area contributed by atoms with Gasteiger partial charge in [0.05, 0.1) is 17.8 Å². The summed E-state index contributed by atoms with van der Waals surface area (Å²) in [5.41, 5.74) is 1.09. The van der Waals surface area contributed by atoms with Gasteiger partial charge < -0.3 is 10.1 Å². The summed E-state index contributed by atoms with van der Waals surface area (Å²) in [6.45, 7) is 6.96. The van der Waals surface area contributed by atoms with Gasteiger partial charge in [-0.05, 0) is 39.7 Å². The van der Waals surface area contributed by atoms with Crippen LogP contribution >= 0.6 is 11.3 Å². The smallest absolute Gasteiger partial charge is 0.240 e. The number of rotatable bonds is 5. The Hall–Kier alpha value is -0.980. The molecule has 2 aliphatic rings. The van der Waals surface area contributed by atoms with Gasteiger partial charge in [-0.1, -0.05) is 13.8 Å². The lowest BCUT2D eigenvalue weighted by Crippen LogP contribution is -2.68. The lowest BCUT2D eigenvalue weighted by molar-refractivity contribution is -0.205. The zero-order valence-electron chi connectivity index (χ0n) is 14.7. The van der Waals surface area contributed by atoms with Crippen molar-refractivity contribution in [2.45, 2.75) is 58.1 Å². The monoisotopic (exact) mass is 337 g/mol. The van der Waals surface area contributed by atoms with Crippen LogP contribution in [-0.4, -0.2) is 48.1 Å². The minimum atomic E-state index is -0.113. The molecule has 23 heavy (non-hydrogen) atoms. The van der Waals surface area contributed by atoms with Crippen LogP contribution in [0.25, 0.3) is 0 Å². The molecule has 1 heterocycles. The Morgan fingerprint density at radius 1 is 1.43 bits per heavy atom. The Balaban J connectivity index is 1.56. The van der Waals surface area contributed by atoms with Crippen LogP contribution in [0.5, 0.6) is 0 Å². The zero-order chi connectivity index (χ0) is 16.8. The third-order valence-corrected chi connectivity index (χ3v) is 7.07. The largest absolute Gasteiger partial charge is 0.378 e. The molecule has 1 amide bonds. The molecular weight excluding hydrogens is 310 g/mol. The number of methoxy groups -OCH3 is 1. The second-order valence-electron chi connectivity index (χ2n) is 7.58. The third-order valence-electron chi connectivity index (χ3n) is 6.00.